The number of ether oxygens (including phenoxy) is 2. The number of hydrogen-bond donors (Lipinski definition) is 2. The largest absolute Gasteiger partial charge is 0.497 e. The van der Waals surface area contributed by atoms with Gasteiger partial charge >= 0.3 is 0 Å². The summed E-state index contributed by atoms with van der Waals surface area (Å²) in [6.07, 6.45) is -0.906. The van der Waals surface area contributed by atoms with Gasteiger partial charge in [0.15, 0.2) is 0 Å². The second kappa shape index (κ2) is 13.5. The molecule has 0 unspecified atom stereocenters. The van der Waals surface area contributed by atoms with Gasteiger partial charge in [-0.3, -0.25) is 9.52 Å². The van der Waals surface area contributed by atoms with E-state index in [1.54, 1.807) is 6.92 Å². The fourth-order valence-electron chi connectivity index (χ4n) is 4.82. The van der Waals surface area contributed by atoms with Crippen molar-refractivity contribution >= 4 is 31.6 Å². The Morgan fingerprint density at radius 2 is 1.70 bits per heavy atom. The molecule has 0 fully saturated rings. The van der Waals surface area contributed by atoms with E-state index in [4.69, 9.17) is 9.47 Å². The summed E-state index contributed by atoms with van der Waals surface area (Å²) in [4.78, 5) is 14.9. The topological polar surface area (TPSA) is 143 Å². The Labute approximate surface area is 257 Å². The molecule has 4 rings (SSSR count). The lowest BCUT2D eigenvalue weighted by Crippen LogP contribution is -2.48. The fourth-order valence-corrected chi connectivity index (χ4v) is 7.05. The molecule has 0 radical (unpaired) electrons. The first kappa shape index (κ1) is 33.2. The van der Waals surface area contributed by atoms with Crippen LogP contribution in [-0.4, -0.2) is 83.1 Å². The van der Waals surface area contributed by atoms with Gasteiger partial charge in [-0.05, 0) is 73.7 Å². The molecule has 0 aromatic heterocycles. The highest BCUT2D eigenvalue weighted by Crippen LogP contribution is 2.31. The van der Waals surface area contributed by atoms with E-state index in [1.165, 1.54) is 73.7 Å². The number of rotatable bonds is 10. The Morgan fingerprint density at radius 1 is 1.07 bits per heavy atom. The maximum Gasteiger partial charge on any atom is 0.261 e. The van der Waals surface area contributed by atoms with Crippen molar-refractivity contribution in [2.75, 3.05) is 38.6 Å². The molecule has 3 aromatic rings. The lowest BCUT2D eigenvalue weighted by molar-refractivity contribution is -0.134. The number of fused-ring (bicyclic) bond motifs is 1. The molecule has 0 saturated carbocycles. The van der Waals surface area contributed by atoms with Crippen LogP contribution >= 0.6 is 0 Å². The van der Waals surface area contributed by atoms with Gasteiger partial charge in [0.2, 0.25) is 15.9 Å². The molecule has 238 valence electrons. The molecule has 0 bridgehead atoms. The van der Waals surface area contributed by atoms with Crippen molar-refractivity contribution in [2.45, 2.75) is 42.2 Å². The number of likely N-dealkylation sites (N-methyl/N-ethyl adjacent to an activating group) is 1. The van der Waals surface area contributed by atoms with Crippen LogP contribution in [0.15, 0.2) is 76.5 Å². The molecule has 3 aromatic carbocycles. The number of nitrogens with zero attached hydrogens (tertiary/aromatic N) is 2. The molecule has 0 spiro atoms. The van der Waals surface area contributed by atoms with Crippen LogP contribution in [0.5, 0.6) is 11.5 Å². The van der Waals surface area contributed by atoms with E-state index >= 15 is 0 Å². The number of amides is 1. The van der Waals surface area contributed by atoms with Crippen molar-refractivity contribution in [2.24, 2.45) is 5.92 Å². The smallest absolute Gasteiger partial charge is 0.261 e. The van der Waals surface area contributed by atoms with Crippen molar-refractivity contribution in [1.82, 2.24) is 9.21 Å². The van der Waals surface area contributed by atoms with Crippen molar-refractivity contribution < 1.29 is 40.6 Å². The predicted molar refractivity (Wildman–Crippen MR) is 162 cm³/mol. The van der Waals surface area contributed by atoms with E-state index in [-0.39, 0.29) is 53.3 Å². The number of hydrogen-bond acceptors (Lipinski definition) is 8. The molecule has 0 saturated heterocycles. The molecule has 0 aliphatic carbocycles. The third kappa shape index (κ3) is 7.49. The molecule has 3 atom stereocenters. The third-order valence-electron chi connectivity index (χ3n) is 7.50. The van der Waals surface area contributed by atoms with Gasteiger partial charge in [0, 0.05) is 30.8 Å². The lowest BCUT2D eigenvalue weighted by atomic mass is 10.0. The quantitative estimate of drug-likeness (QED) is 0.341. The van der Waals surface area contributed by atoms with Crippen LogP contribution in [0.3, 0.4) is 0 Å². The normalized spacial score (nSPS) is 18.4. The average molecular weight is 650 g/mol. The Kier molecular flexibility index (Phi) is 10.2. The Balaban J connectivity index is 1.67. The molecule has 2 N–H and O–H groups in total. The zero-order valence-corrected chi connectivity index (χ0v) is 26.4. The molecule has 1 amide bonds. The van der Waals surface area contributed by atoms with Gasteiger partial charge in [0.25, 0.3) is 10.0 Å². The number of methoxy groups -OCH3 is 1. The highest BCUT2D eigenvalue weighted by atomic mass is 32.2. The highest BCUT2D eigenvalue weighted by molar-refractivity contribution is 7.92. The summed E-state index contributed by atoms with van der Waals surface area (Å²) in [5.41, 5.74) is 0.570. The van der Waals surface area contributed by atoms with E-state index in [2.05, 4.69) is 4.72 Å². The summed E-state index contributed by atoms with van der Waals surface area (Å²) < 4.78 is 81.2. The van der Waals surface area contributed by atoms with Crippen molar-refractivity contribution in [3.05, 3.63) is 78.1 Å². The zero-order valence-electron chi connectivity index (χ0n) is 24.8. The number of carbonyl (C=O) groups is 1. The molecule has 44 heavy (non-hydrogen) atoms. The van der Waals surface area contributed by atoms with Gasteiger partial charge in [-0.1, -0.05) is 6.92 Å². The first-order valence-electron chi connectivity index (χ1n) is 13.8. The van der Waals surface area contributed by atoms with E-state index in [9.17, 15) is 31.1 Å². The van der Waals surface area contributed by atoms with E-state index < -0.39 is 43.9 Å². The summed E-state index contributed by atoms with van der Waals surface area (Å²) in [6, 6.07) is 14.4. The maximum absolute atomic E-state index is 13.5. The number of aliphatic hydroxyl groups excluding tert-OH is 1. The number of carbonyl (C=O) groups excluding carboxylic acids is 1. The van der Waals surface area contributed by atoms with E-state index in [0.29, 0.717) is 11.3 Å². The molecular weight excluding hydrogens is 613 g/mol. The van der Waals surface area contributed by atoms with Gasteiger partial charge < -0.3 is 19.5 Å². The minimum absolute atomic E-state index is 0.0106. The van der Waals surface area contributed by atoms with Crippen LogP contribution in [-0.2, 0) is 31.3 Å². The van der Waals surface area contributed by atoms with Gasteiger partial charge in [0.1, 0.15) is 23.4 Å². The summed E-state index contributed by atoms with van der Waals surface area (Å²) in [6.45, 7) is 3.28. The van der Waals surface area contributed by atoms with Crippen LogP contribution in [0.4, 0.5) is 10.1 Å². The molecule has 1 heterocycles. The molecule has 1 aliphatic heterocycles. The maximum atomic E-state index is 13.5. The second-order valence-corrected chi connectivity index (χ2v) is 14.5. The predicted octanol–water partition coefficient (Wildman–Crippen LogP) is 3.10. The molecule has 1 aliphatic rings. The van der Waals surface area contributed by atoms with Gasteiger partial charge in [-0.2, -0.15) is 4.31 Å². The van der Waals surface area contributed by atoms with E-state index in [1.807, 2.05) is 6.92 Å². The molecular formula is C30H36FN3O8S2. The number of benzene rings is 3. The van der Waals surface area contributed by atoms with Crippen LogP contribution in [0.1, 0.15) is 19.4 Å². The van der Waals surface area contributed by atoms with Crippen molar-refractivity contribution in [1.29, 1.82) is 0 Å². The number of anilines is 1. The van der Waals surface area contributed by atoms with Crippen LogP contribution in [0, 0.1) is 11.7 Å². The van der Waals surface area contributed by atoms with Crippen LogP contribution < -0.4 is 14.2 Å². The number of nitrogens with one attached hydrogen (secondary N) is 1. The minimum atomic E-state index is -4.01. The number of halogens is 1. The zero-order chi connectivity index (χ0) is 32.2. The first-order valence-corrected chi connectivity index (χ1v) is 16.8. The minimum Gasteiger partial charge on any atom is -0.497 e. The second-order valence-electron chi connectivity index (χ2n) is 10.7. The third-order valence-corrected chi connectivity index (χ3v) is 10.7. The summed E-state index contributed by atoms with van der Waals surface area (Å²) in [5, 5.41) is 9.87. The first-order chi connectivity index (χ1) is 20.7. The summed E-state index contributed by atoms with van der Waals surface area (Å²) in [7, 11) is -5.13. The lowest BCUT2D eigenvalue weighted by Gasteiger charge is -2.33. The van der Waals surface area contributed by atoms with Gasteiger partial charge in [0.05, 0.1) is 42.5 Å². The van der Waals surface area contributed by atoms with Gasteiger partial charge in [-0.15, -0.1) is 0 Å². The monoisotopic (exact) mass is 649 g/mol. The van der Waals surface area contributed by atoms with E-state index in [0.717, 1.165) is 16.4 Å². The van der Waals surface area contributed by atoms with Crippen molar-refractivity contribution in [3.63, 3.8) is 0 Å². The fraction of sp³-hybridized carbons (Fsp3) is 0.367. The number of aliphatic hydroxyl groups is 1. The SMILES string of the molecule is COc1ccc(S(=O)(=O)Nc2ccc3c(c2)CC(=O)N([C@H](C)CO)C[C@H](C)[C@@H](CN(C)S(=O)(=O)c2ccc(F)cc2)O3)cc1. The average Bonchev–Trinajstić information content (AvgIpc) is 3.04. The highest BCUT2D eigenvalue weighted by Gasteiger charge is 2.33. The van der Waals surface area contributed by atoms with Crippen LogP contribution in [0.25, 0.3) is 0 Å². The standard InChI is InChI=1S/C30H36FN3O8S2/c1-20-17-34(21(2)19-35)30(36)16-22-15-24(32-43(37,38)26-12-8-25(41-4)9-13-26)7-14-28(22)42-29(20)18-33(3)44(39,40)27-10-5-23(31)6-11-27/h5-15,20-21,29,32,35H,16-19H2,1-4H3/t20-,21+,29+/m0/s1. The summed E-state index contributed by atoms with van der Waals surface area (Å²) >= 11 is 0. The van der Waals surface area contributed by atoms with Gasteiger partial charge in [-0.25, -0.2) is 21.2 Å². The van der Waals surface area contributed by atoms with Crippen LogP contribution in [0.2, 0.25) is 0 Å². The molecule has 11 nitrogen and oxygen atoms in total. The Morgan fingerprint density at radius 3 is 2.32 bits per heavy atom. The number of sulfonamides is 2. The Bertz CT molecular complexity index is 1680. The van der Waals surface area contributed by atoms with Crippen molar-refractivity contribution in [3.8, 4) is 11.5 Å². The summed E-state index contributed by atoms with van der Waals surface area (Å²) in [5.74, 6) is -0.485. The molecule has 14 heteroatoms. The Hall–Kier alpha value is -3.72.